The summed E-state index contributed by atoms with van der Waals surface area (Å²) < 4.78 is 2.39. The van der Waals surface area contributed by atoms with E-state index in [1.807, 2.05) is 13.0 Å². The Kier molecular flexibility index (Phi) is 7.81. The van der Waals surface area contributed by atoms with Crippen molar-refractivity contribution in [3.05, 3.63) is 173 Å². The number of aromatic nitrogens is 1. The summed E-state index contributed by atoms with van der Waals surface area (Å²) in [4.78, 5) is 0. The molecule has 0 bridgehead atoms. The average Bonchev–Trinajstić information content (AvgIpc) is 3.44. The Bertz CT molecular complexity index is 1810. The molecule has 0 saturated heterocycles. The van der Waals surface area contributed by atoms with Gasteiger partial charge in [0.05, 0.1) is 10.9 Å². The highest BCUT2D eigenvalue weighted by molar-refractivity contribution is 5.93. The number of nitrogens with zero attached hydrogens (tertiary/aromatic N) is 1. The molecule has 4 aromatic rings. The summed E-state index contributed by atoms with van der Waals surface area (Å²) in [5, 5.41) is 1.26. The second-order valence-corrected chi connectivity index (χ2v) is 10.7. The van der Waals surface area contributed by atoms with E-state index >= 15 is 0 Å². The first kappa shape index (κ1) is 27.9. The number of hydrogen-bond donors (Lipinski definition) is 0. The van der Waals surface area contributed by atoms with Crippen LogP contribution < -0.4 is 0 Å². The van der Waals surface area contributed by atoms with Gasteiger partial charge in [-0.2, -0.15) is 0 Å². The number of para-hydroxylation sites is 1. The minimum atomic E-state index is -0.490. The molecule has 1 heteroatoms. The summed E-state index contributed by atoms with van der Waals surface area (Å²) in [7, 11) is 0. The van der Waals surface area contributed by atoms with E-state index in [9.17, 15) is 0 Å². The van der Waals surface area contributed by atoms with Crippen molar-refractivity contribution in [1.29, 1.82) is 0 Å². The van der Waals surface area contributed by atoms with Gasteiger partial charge in [-0.1, -0.05) is 116 Å². The highest BCUT2D eigenvalue weighted by Crippen LogP contribution is 2.56. The van der Waals surface area contributed by atoms with E-state index in [2.05, 4.69) is 161 Å². The van der Waals surface area contributed by atoms with Crippen LogP contribution in [-0.4, -0.2) is 4.57 Å². The van der Waals surface area contributed by atoms with Crippen LogP contribution in [-0.2, 0) is 5.41 Å². The zero-order chi connectivity index (χ0) is 29.1. The Morgan fingerprint density at radius 3 is 2.32 bits per heavy atom. The fourth-order valence-electron chi connectivity index (χ4n) is 6.54. The second kappa shape index (κ2) is 11.5. The Labute approximate surface area is 245 Å². The van der Waals surface area contributed by atoms with Crippen LogP contribution in [0.4, 0.5) is 0 Å². The van der Waals surface area contributed by atoms with Gasteiger partial charge in [0.15, 0.2) is 0 Å². The third kappa shape index (κ3) is 4.43. The molecule has 1 aliphatic carbocycles. The van der Waals surface area contributed by atoms with Crippen LogP contribution in [0.3, 0.4) is 0 Å². The number of rotatable bonds is 8. The van der Waals surface area contributed by atoms with Crippen LogP contribution in [0, 0.1) is 6.92 Å². The molecule has 0 N–H and O–H groups in total. The number of aryl methyl sites for hydroxylation is 1. The van der Waals surface area contributed by atoms with Crippen molar-refractivity contribution < 1.29 is 0 Å². The summed E-state index contributed by atoms with van der Waals surface area (Å²) in [6.07, 6.45) is 17.4. The summed E-state index contributed by atoms with van der Waals surface area (Å²) in [5.41, 5.74) is 12.7. The SMILES string of the molecule is C=CC1=C(C=CC)C(C(C=CC)=CC)(c2cccc(-n3c(C=CC(=C)C)c(C)c4ccccc43)c2)c2ccccc21. The molecule has 1 aromatic heterocycles. The van der Waals surface area contributed by atoms with Gasteiger partial charge in [-0.25, -0.2) is 0 Å². The van der Waals surface area contributed by atoms with Crippen LogP contribution >= 0.6 is 0 Å². The van der Waals surface area contributed by atoms with Gasteiger partial charge in [-0.3, -0.25) is 0 Å². The van der Waals surface area contributed by atoms with Crippen molar-refractivity contribution in [3.63, 3.8) is 0 Å². The van der Waals surface area contributed by atoms with Crippen molar-refractivity contribution >= 4 is 22.6 Å². The van der Waals surface area contributed by atoms with Crippen LogP contribution in [0.2, 0.25) is 0 Å². The molecule has 0 spiro atoms. The van der Waals surface area contributed by atoms with Gasteiger partial charge in [0, 0.05) is 16.8 Å². The molecular weight excluding hydrogens is 494 g/mol. The lowest BCUT2D eigenvalue weighted by atomic mass is 9.66. The molecule has 1 heterocycles. The van der Waals surface area contributed by atoms with Gasteiger partial charge in [0.25, 0.3) is 0 Å². The normalized spacial score (nSPS) is 17.4. The predicted molar refractivity (Wildman–Crippen MR) is 180 cm³/mol. The molecule has 1 atom stereocenters. The van der Waals surface area contributed by atoms with E-state index < -0.39 is 5.41 Å². The van der Waals surface area contributed by atoms with Crippen molar-refractivity contribution in [3.8, 4) is 5.69 Å². The lowest BCUT2D eigenvalue weighted by Crippen LogP contribution is -2.30. The maximum absolute atomic E-state index is 4.26. The number of benzene rings is 3. The Morgan fingerprint density at radius 1 is 0.854 bits per heavy atom. The molecule has 1 nitrogen and oxygen atoms in total. The smallest absolute Gasteiger partial charge is 0.0710 e. The zero-order valence-corrected chi connectivity index (χ0v) is 24.9. The van der Waals surface area contributed by atoms with Gasteiger partial charge < -0.3 is 4.57 Å². The topological polar surface area (TPSA) is 4.93 Å². The molecule has 5 rings (SSSR count). The van der Waals surface area contributed by atoms with Gasteiger partial charge in [-0.15, -0.1) is 0 Å². The molecule has 41 heavy (non-hydrogen) atoms. The Balaban J connectivity index is 1.90. The predicted octanol–water partition coefficient (Wildman–Crippen LogP) is 10.9. The first-order chi connectivity index (χ1) is 19.9. The van der Waals surface area contributed by atoms with Gasteiger partial charge >= 0.3 is 0 Å². The van der Waals surface area contributed by atoms with Crippen molar-refractivity contribution in [2.75, 3.05) is 0 Å². The third-order valence-electron chi connectivity index (χ3n) is 8.18. The molecule has 1 unspecified atom stereocenters. The van der Waals surface area contributed by atoms with E-state index in [0.717, 1.165) is 11.3 Å². The molecule has 0 amide bonds. The molecule has 0 radical (unpaired) electrons. The van der Waals surface area contributed by atoms with E-state index in [0.29, 0.717) is 0 Å². The average molecular weight is 534 g/mol. The highest BCUT2D eigenvalue weighted by Gasteiger charge is 2.46. The molecule has 0 fully saturated rings. The monoisotopic (exact) mass is 533 g/mol. The van der Waals surface area contributed by atoms with E-state index in [1.54, 1.807) is 0 Å². The van der Waals surface area contributed by atoms with E-state index in [1.165, 1.54) is 55.6 Å². The van der Waals surface area contributed by atoms with E-state index in [4.69, 9.17) is 0 Å². The molecule has 0 aliphatic heterocycles. The third-order valence-corrected chi connectivity index (χ3v) is 8.18. The fourth-order valence-corrected chi connectivity index (χ4v) is 6.54. The van der Waals surface area contributed by atoms with Gasteiger partial charge in [0.2, 0.25) is 0 Å². The first-order valence-electron chi connectivity index (χ1n) is 14.4. The van der Waals surface area contributed by atoms with Crippen LogP contribution in [0.15, 0.2) is 145 Å². The molecule has 204 valence electrons. The minimum Gasteiger partial charge on any atom is -0.310 e. The minimum absolute atomic E-state index is 0.490. The summed E-state index contributed by atoms with van der Waals surface area (Å²) >= 11 is 0. The Morgan fingerprint density at radius 2 is 1.61 bits per heavy atom. The maximum atomic E-state index is 4.26. The van der Waals surface area contributed by atoms with Crippen molar-refractivity contribution in [2.45, 2.75) is 40.0 Å². The summed E-state index contributed by atoms with van der Waals surface area (Å²) in [5.74, 6) is 0. The van der Waals surface area contributed by atoms with Gasteiger partial charge in [0.1, 0.15) is 0 Å². The lowest BCUT2D eigenvalue weighted by Gasteiger charge is -2.36. The summed E-state index contributed by atoms with van der Waals surface area (Å²) in [6.45, 7) is 19.0. The molecule has 0 saturated carbocycles. The fraction of sp³-hybridized carbons (Fsp3) is 0.150. The largest absolute Gasteiger partial charge is 0.310 e. The molecular formula is C40H39N. The molecule has 3 aromatic carbocycles. The second-order valence-electron chi connectivity index (χ2n) is 10.7. The Hall–Kier alpha value is -4.62. The van der Waals surface area contributed by atoms with Gasteiger partial charge in [-0.05, 0) is 97.9 Å². The zero-order valence-electron chi connectivity index (χ0n) is 24.9. The van der Waals surface area contributed by atoms with Crippen LogP contribution in [0.1, 0.15) is 55.6 Å². The van der Waals surface area contributed by atoms with Crippen molar-refractivity contribution in [1.82, 2.24) is 4.57 Å². The number of hydrogen-bond acceptors (Lipinski definition) is 0. The number of allylic oxidation sites excluding steroid dienone is 11. The number of fused-ring (bicyclic) bond motifs is 2. The highest BCUT2D eigenvalue weighted by atomic mass is 15.0. The lowest BCUT2D eigenvalue weighted by molar-refractivity contribution is 0.756. The summed E-state index contributed by atoms with van der Waals surface area (Å²) in [6, 6.07) is 26.5. The molecule has 1 aliphatic rings. The first-order valence-corrected chi connectivity index (χ1v) is 14.4. The van der Waals surface area contributed by atoms with Crippen molar-refractivity contribution in [2.24, 2.45) is 0 Å². The quantitative estimate of drug-likeness (QED) is 0.199. The van der Waals surface area contributed by atoms with E-state index in [-0.39, 0.29) is 0 Å². The maximum Gasteiger partial charge on any atom is 0.0710 e. The van der Waals surface area contributed by atoms with Crippen LogP contribution in [0.5, 0.6) is 0 Å². The standard InChI is InChI=1S/C40H39N/c1-8-17-30(10-3)40(36(18-9-2)33(11-4)35-22-12-14-23-37(35)40)31-19-16-20-32(27-31)41-38(26-25-28(5)6)29(7)34-21-13-15-24-39(34)41/h8-27H,4-5H2,1-3,6-7H3. The van der Waals surface area contributed by atoms with Crippen LogP contribution in [0.25, 0.3) is 28.2 Å².